The largest absolute Gasteiger partial charge is 0.461 e. The SMILES string of the molecule is CCOC(=O)c1nn(-c2ccc3c(c2)OCO3)ccc1=O. The Labute approximate surface area is 119 Å². The molecule has 1 aromatic carbocycles. The second-order valence-electron chi connectivity index (χ2n) is 4.23. The molecule has 0 radical (unpaired) electrons. The average Bonchev–Trinajstić information content (AvgIpc) is 2.95. The van der Waals surface area contributed by atoms with Crippen molar-refractivity contribution in [1.82, 2.24) is 9.78 Å². The number of hydrogen-bond acceptors (Lipinski definition) is 6. The molecule has 0 atom stereocenters. The van der Waals surface area contributed by atoms with Crippen LogP contribution in [0.25, 0.3) is 5.69 Å². The van der Waals surface area contributed by atoms with Gasteiger partial charge in [-0.2, -0.15) is 5.10 Å². The zero-order valence-electron chi connectivity index (χ0n) is 11.2. The van der Waals surface area contributed by atoms with Crippen molar-refractivity contribution in [3.8, 4) is 17.2 Å². The van der Waals surface area contributed by atoms with Gasteiger partial charge in [-0.05, 0) is 19.1 Å². The van der Waals surface area contributed by atoms with Crippen LogP contribution in [0.5, 0.6) is 11.5 Å². The van der Waals surface area contributed by atoms with E-state index in [4.69, 9.17) is 14.2 Å². The first-order valence-corrected chi connectivity index (χ1v) is 6.36. The third-order valence-electron chi connectivity index (χ3n) is 2.90. The fourth-order valence-corrected chi connectivity index (χ4v) is 1.92. The molecule has 0 aliphatic carbocycles. The lowest BCUT2D eigenvalue weighted by Gasteiger charge is -2.07. The van der Waals surface area contributed by atoms with E-state index in [1.165, 1.54) is 16.9 Å². The number of fused-ring (bicyclic) bond motifs is 1. The summed E-state index contributed by atoms with van der Waals surface area (Å²) in [5.74, 6) is 0.494. The van der Waals surface area contributed by atoms with Gasteiger partial charge in [0.05, 0.1) is 12.3 Å². The summed E-state index contributed by atoms with van der Waals surface area (Å²) >= 11 is 0. The van der Waals surface area contributed by atoms with Crippen molar-refractivity contribution in [2.75, 3.05) is 13.4 Å². The van der Waals surface area contributed by atoms with E-state index in [-0.39, 0.29) is 19.1 Å². The first-order valence-electron chi connectivity index (χ1n) is 6.36. The summed E-state index contributed by atoms with van der Waals surface area (Å²) in [5.41, 5.74) is -0.0905. The van der Waals surface area contributed by atoms with Crippen molar-refractivity contribution < 1.29 is 19.0 Å². The summed E-state index contributed by atoms with van der Waals surface area (Å²) in [4.78, 5) is 23.4. The Morgan fingerprint density at radius 2 is 2.14 bits per heavy atom. The van der Waals surface area contributed by atoms with Gasteiger partial charge in [0.15, 0.2) is 11.5 Å². The Morgan fingerprint density at radius 1 is 1.33 bits per heavy atom. The molecule has 0 bridgehead atoms. The minimum atomic E-state index is -0.738. The molecule has 21 heavy (non-hydrogen) atoms. The van der Waals surface area contributed by atoms with Gasteiger partial charge in [-0.15, -0.1) is 0 Å². The summed E-state index contributed by atoms with van der Waals surface area (Å²) < 4.78 is 16.7. The molecule has 0 fully saturated rings. The fourth-order valence-electron chi connectivity index (χ4n) is 1.92. The van der Waals surface area contributed by atoms with Gasteiger partial charge < -0.3 is 14.2 Å². The van der Waals surface area contributed by atoms with Crippen LogP contribution in [0.4, 0.5) is 0 Å². The fraction of sp³-hybridized carbons (Fsp3) is 0.214. The van der Waals surface area contributed by atoms with E-state index < -0.39 is 11.4 Å². The van der Waals surface area contributed by atoms with Gasteiger partial charge in [0, 0.05) is 18.3 Å². The molecule has 1 aromatic heterocycles. The molecule has 2 aromatic rings. The zero-order valence-corrected chi connectivity index (χ0v) is 11.2. The number of carbonyl (C=O) groups is 1. The average molecular weight is 288 g/mol. The Balaban J connectivity index is 2.01. The van der Waals surface area contributed by atoms with Crippen LogP contribution in [-0.4, -0.2) is 29.1 Å². The minimum absolute atomic E-state index is 0.171. The van der Waals surface area contributed by atoms with Crippen LogP contribution in [0.15, 0.2) is 35.3 Å². The van der Waals surface area contributed by atoms with Gasteiger partial charge in [0.1, 0.15) is 0 Å². The summed E-state index contributed by atoms with van der Waals surface area (Å²) in [5, 5.41) is 4.02. The smallest absolute Gasteiger partial charge is 0.362 e. The number of esters is 1. The number of aromatic nitrogens is 2. The number of benzene rings is 1. The Bertz CT molecular complexity index is 753. The van der Waals surface area contributed by atoms with Gasteiger partial charge in [-0.1, -0.05) is 0 Å². The lowest BCUT2D eigenvalue weighted by molar-refractivity contribution is 0.0515. The highest BCUT2D eigenvalue weighted by atomic mass is 16.7. The van der Waals surface area contributed by atoms with E-state index in [1.807, 2.05) is 0 Å². The van der Waals surface area contributed by atoms with Crippen LogP contribution in [0.1, 0.15) is 17.4 Å². The normalized spacial score (nSPS) is 12.2. The first kappa shape index (κ1) is 13.2. The Morgan fingerprint density at radius 3 is 2.95 bits per heavy atom. The van der Waals surface area contributed by atoms with Crippen LogP contribution in [0.2, 0.25) is 0 Å². The summed E-state index contributed by atoms with van der Waals surface area (Å²) in [7, 11) is 0. The van der Waals surface area contributed by atoms with E-state index in [0.29, 0.717) is 17.2 Å². The van der Waals surface area contributed by atoms with Gasteiger partial charge in [-0.25, -0.2) is 9.48 Å². The van der Waals surface area contributed by atoms with E-state index in [9.17, 15) is 9.59 Å². The van der Waals surface area contributed by atoms with Crippen LogP contribution in [0, 0.1) is 0 Å². The molecular formula is C14H12N2O5. The molecular weight excluding hydrogens is 276 g/mol. The van der Waals surface area contributed by atoms with Gasteiger partial charge in [-0.3, -0.25) is 4.79 Å². The van der Waals surface area contributed by atoms with E-state index >= 15 is 0 Å². The van der Waals surface area contributed by atoms with Gasteiger partial charge >= 0.3 is 5.97 Å². The summed E-state index contributed by atoms with van der Waals surface area (Å²) in [6.45, 7) is 2.01. The topological polar surface area (TPSA) is 79.7 Å². The van der Waals surface area contributed by atoms with Gasteiger partial charge in [0.2, 0.25) is 17.9 Å². The van der Waals surface area contributed by atoms with E-state index in [2.05, 4.69) is 5.10 Å². The Hall–Kier alpha value is -2.83. The molecule has 0 saturated heterocycles. The van der Waals surface area contributed by atoms with Crippen molar-refractivity contribution in [3.05, 3.63) is 46.4 Å². The second-order valence-corrected chi connectivity index (χ2v) is 4.23. The summed E-state index contributed by atoms with van der Waals surface area (Å²) in [6.07, 6.45) is 1.47. The molecule has 7 heteroatoms. The van der Waals surface area contributed by atoms with Gasteiger partial charge in [0.25, 0.3) is 0 Å². The van der Waals surface area contributed by atoms with Crippen LogP contribution < -0.4 is 14.9 Å². The van der Waals surface area contributed by atoms with Crippen LogP contribution in [-0.2, 0) is 4.74 Å². The van der Waals surface area contributed by atoms with E-state index in [1.54, 1.807) is 25.1 Å². The van der Waals surface area contributed by atoms with Crippen molar-refractivity contribution >= 4 is 5.97 Å². The molecule has 0 N–H and O–H groups in total. The minimum Gasteiger partial charge on any atom is -0.461 e. The number of nitrogens with zero attached hydrogens (tertiary/aromatic N) is 2. The second kappa shape index (κ2) is 5.28. The number of carbonyl (C=O) groups excluding carboxylic acids is 1. The highest BCUT2D eigenvalue weighted by molar-refractivity contribution is 5.86. The molecule has 108 valence electrons. The maximum absolute atomic E-state index is 11.7. The van der Waals surface area contributed by atoms with E-state index in [0.717, 1.165) is 0 Å². The molecule has 0 amide bonds. The molecule has 1 aliphatic rings. The standard InChI is InChI=1S/C14H12N2O5/c1-2-19-14(18)13-10(17)5-6-16(15-13)9-3-4-11-12(7-9)21-8-20-11/h3-7H,2,8H2,1H3. The molecule has 0 saturated carbocycles. The highest BCUT2D eigenvalue weighted by Crippen LogP contribution is 2.33. The highest BCUT2D eigenvalue weighted by Gasteiger charge is 2.17. The monoisotopic (exact) mass is 288 g/mol. The third-order valence-corrected chi connectivity index (χ3v) is 2.90. The molecule has 0 spiro atoms. The molecule has 7 nitrogen and oxygen atoms in total. The third kappa shape index (κ3) is 2.45. The van der Waals surface area contributed by atoms with Crippen molar-refractivity contribution in [1.29, 1.82) is 0 Å². The first-order chi connectivity index (χ1) is 10.2. The predicted molar refractivity (Wildman–Crippen MR) is 71.9 cm³/mol. The lowest BCUT2D eigenvalue weighted by Crippen LogP contribution is -2.22. The van der Waals surface area contributed by atoms with Crippen LogP contribution in [0.3, 0.4) is 0 Å². The number of ether oxygens (including phenoxy) is 3. The maximum Gasteiger partial charge on any atom is 0.362 e. The molecule has 1 aliphatic heterocycles. The molecule has 0 unspecified atom stereocenters. The number of hydrogen-bond donors (Lipinski definition) is 0. The van der Waals surface area contributed by atoms with Crippen molar-refractivity contribution in [3.63, 3.8) is 0 Å². The Kier molecular flexibility index (Phi) is 3.31. The maximum atomic E-state index is 11.7. The zero-order chi connectivity index (χ0) is 14.8. The quantitative estimate of drug-likeness (QED) is 0.788. The van der Waals surface area contributed by atoms with Crippen molar-refractivity contribution in [2.45, 2.75) is 6.92 Å². The predicted octanol–water partition coefficient (Wildman–Crippen LogP) is 1.14. The summed E-state index contributed by atoms with van der Waals surface area (Å²) in [6, 6.07) is 6.47. The molecule has 2 heterocycles. The van der Waals surface area contributed by atoms with Crippen LogP contribution >= 0.6 is 0 Å². The number of rotatable bonds is 3. The van der Waals surface area contributed by atoms with Crippen molar-refractivity contribution in [2.24, 2.45) is 0 Å². The lowest BCUT2D eigenvalue weighted by atomic mass is 10.3. The molecule has 3 rings (SSSR count).